The minimum absolute atomic E-state index is 0.0312. The fourth-order valence-electron chi connectivity index (χ4n) is 3.03. The molecule has 0 aliphatic carbocycles. The first kappa shape index (κ1) is 20.2. The highest BCUT2D eigenvalue weighted by atomic mass is 32.3. The summed E-state index contributed by atoms with van der Waals surface area (Å²) in [5, 5.41) is 15.3. The minimum atomic E-state index is -5.03. The largest absolute Gasteiger partial charge is 0.547 e. The number of carboxylic acid groups (broad SMARTS) is 1. The van der Waals surface area contributed by atoms with E-state index in [1.165, 1.54) is 0 Å². The number of urea groups is 1. The molecule has 3 amide bonds. The summed E-state index contributed by atoms with van der Waals surface area (Å²) in [7, 11) is -5.03. The number of hydrogen-bond acceptors (Lipinski definition) is 8. The Kier molecular flexibility index (Phi) is 5.19. The molecule has 29 heavy (non-hydrogen) atoms. The molecular weight excluding hydrogens is 412 g/mol. The molecule has 154 valence electrons. The number of aliphatic carboxylic acids is 1. The number of rotatable bonds is 3. The number of hydroxylamine groups is 2. The van der Waals surface area contributed by atoms with Gasteiger partial charge < -0.3 is 20.5 Å². The Labute approximate surface area is 163 Å². The van der Waals surface area contributed by atoms with E-state index < -0.39 is 40.5 Å². The predicted octanol–water partition coefficient (Wildman–Crippen LogP) is -2.37. The molecule has 0 spiro atoms. The molecule has 4 N–H and O–H groups in total. The highest BCUT2D eigenvalue weighted by Crippen LogP contribution is 2.43. The predicted molar refractivity (Wildman–Crippen MR) is 87.3 cm³/mol. The topological polar surface area (TPSA) is 202 Å². The van der Waals surface area contributed by atoms with Gasteiger partial charge in [-0.05, 0) is 0 Å². The number of fused-ring (bicyclic) bond motifs is 4. The van der Waals surface area contributed by atoms with Crippen molar-refractivity contribution in [3.05, 3.63) is 48.0 Å². The van der Waals surface area contributed by atoms with Gasteiger partial charge in [-0.3, -0.25) is 4.55 Å². The monoisotopic (exact) mass is 426 g/mol. The molecule has 4 rings (SSSR count). The lowest BCUT2D eigenvalue weighted by molar-refractivity contribution is -0.378. The van der Waals surface area contributed by atoms with Gasteiger partial charge in [0, 0.05) is 17.7 Å². The summed E-state index contributed by atoms with van der Waals surface area (Å²) in [4.78, 5) is 38.5. The van der Waals surface area contributed by atoms with Crippen LogP contribution in [0.25, 0.3) is 0 Å². The van der Waals surface area contributed by atoms with E-state index in [9.17, 15) is 27.9 Å². The molecule has 0 unspecified atom stereocenters. The van der Waals surface area contributed by atoms with Gasteiger partial charge in [0.2, 0.25) is 0 Å². The maximum atomic E-state index is 12.1. The Morgan fingerprint density at radius 2 is 1.97 bits per heavy atom. The number of carbonyl (C=O) groups excluding carboxylic acids is 3. The number of pyridine rings is 1. The summed E-state index contributed by atoms with van der Waals surface area (Å²) >= 11 is 0. The average molecular weight is 426 g/mol. The molecule has 2 aliphatic heterocycles. The van der Waals surface area contributed by atoms with Gasteiger partial charge in [-0.2, -0.15) is 23.3 Å². The van der Waals surface area contributed by atoms with E-state index in [1.807, 2.05) is 30.6 Å². The Morgan fingerprint density at radius 1 is 1.31 bits per heavy atom. The number of hydrogen-bond donors (Lipinski definition) is 2. The molecule has 2 aliphatic rings. The van der Waals surface area contributed by atoms with Gasteiger partial charge in [-0.1, -0.05) is 6.07 Å². The molecule has 1 saturated heterocycles. The van der Waals surface area contributed by atoms with Crippen molar-refractivity contribution in [3.63, 3.8) is 0 Å². The van der Waals surface area contributed by atoms with Gasteiger partial charge in [0.1, 0.15) is 12.1 Å². The van der Waals surface area contributed by atoms with Gasteiger partial charge in [0.25, 0.3) is 0 Å². The van der Waals surface area contributed by atoms with Crippen molar-refractivity contribution in [2.24, 2.45) is 5.73 Å². The van der Waals surface area contributed by atoms with Crippen molar-refractivity contribution in [3.8, 4) is 0 Å². The van der Waals surface area contributed by atoms with Gasteiger partial charge in [0.05, 0.1) is 24.4 Å². The van der Waals surface area contributed by atoms with Gasteiger partial charge in [-0.15, -0.1) is 4.28 Å². The van der Waals surface area contributed by atoms with Crippen molar-refractivity contribution < 1.29 is 41.7 Å². The van der Waals surface area contributed by atoms with E-state index in [2.05, 4.69) is 14.4 Å². The van der Waals surface area contributed by atoms with E-state index in [4.69, 9.17) is 10.3 Å². The van der Waals surface area contributed by atoms with E-state index in [0.29, 0.717) is 9.58 Å². The highest BCUT2D eigenvalue weighted by Gasteiger charge is 2.52. The molecule has 14 nitrogen and oxygen atoms in total. The molecule has 4 heterocycles. The molecule has 0 saturated carbocycles. The zero-order chi connectivity index (χ0) is 21.3. The molecule has 2 aromatic rings. The summed E-state index contributed by atoms with van der Waals surface area (Å²) in [5.74, 6) is -1.73. The standard InChI is InChI=1S/C9H9N5O8S.C5H5N/c10-8(17)13-5-3(1-11-13)4-2-12(6(5)7(15)16)9(18)14(4)22-23(19,20)21;1-2-4-6-5-3-1/h1,4,6H,2H2,(H2,10,17)(H,15,16)(H,19,20,21);1-5H/t4-,6+;/m1./s1. The maximum absolute atomic E-state index is 12.1. The average Bonchev–Trinajstić information content (AvgIpc) is 3.20. The quantitative estimate of drug-likeness (QED) is 0.503. The molecule has 2 aromatic heterocycles. The van der Waals surface area contributed by atoms with Crippen LogP contribution >= 0.6 is 0 Å². The second-order valence-corrected chi connectivity index (χ2v) is 6.82. The van der Waals surface area contributed by atoms with Gasteiger partial charge in [0.15, 0.2) is 12.4 Å². The van der Waals surface area contributed by atoms with Gasteiger partial charge in [-0.25, -0.2) is 14.6 Å². The second kappa shape index (κ2) is 7.46. The lowest BCUT2D eigenvalue weighted by atomic mass is 9.98. The third kappa shape index (κ3) is 3.86. The number of carbonyl (C=O) groups is 3. The molecule has 2 bridgehead atoms. The van der Waals surface area contributed by atoms with Gasteiger partial charge >= 0.3 is 22.5 Å². The number of aromatic amines is 1. The summed E-state index contributed by atoms with van der Waals surface area (Å²) in [5.41, 5.74) is 4.88. The molecular formula is C14H14N6O8S. The van der Waals surface area contributed by atoms with E-state index in [0.717, 1.165) is 6.20 Å². The summed E-state index contributed by atoms with van der Waals surface area (Å²) < 4.78 is 35.2. The Balaban J connectivity index is 0.000000343. The van der Waals surface area contributed by atoms with Crippen LogP contribution in [0.3, 0.4) is 0 Å². The van der Waals surface area contributed by atoms with Crippen LogP contribution in [0.5, 0.6) is 0 Å². The number of nitrogens with zero attached hydrogens (tertiary/aromatic N) is 4. The first-order valence-corrected chi connectivity index (χ1v) is 9.24. The number of nitrogens with one attached hydrogen (secondary N) is 1. The smallest absolute Gasteiger partial charge is 0.418 e. The van der Waals surface area contributed by atoms with Crippen LogP contribution in [0.2, 0.25) is 0 Å². The summed E-state index contributed by atoms with van der Waals surface area (Å²) in [6, 6.07) is 0.780. The second-order valence-electron chi connectivity index (χ2n) is 5.81. The highest BCUT2D eigenvalue weighted by molar-refractivity contribution is 7.80. The molecule has 0 aromatic carbocycles. The van der Waals surface area contributed by atoms with Crippen molar-refractivity contribution >= 4 is 28.4 Å². The maximum Gasteiger partial charge on any atom is 0.418 e. The van der Waals surface area contributed by atoms with Crippen molar-refractivity contribution in [1.29, 1.82) is 0 Å². The normalized spacial score (nSPS) is 20.0. The number of amides is 3. The van der Waals surface area contributed by atoms with Crippen molar-refractivity contribution in [1.82, 2.24) is 19.7 Å². The van der Waals surface area contributed by atoms with Crippen LogP contribution in [-0.4, -0.2) is 57.3 Å². The lowest BCUT2D eigenvalue weighted by Gasteiger charge is -2.31. The number of carboxylic acids is 1. The van der Waals surface area contributed by atoms with Crippen molar-refractivity contribution in [2.45, 2.75) is 12.1 Å². The third-order valence-corrected chi connectivity index (χ3v) is 4.42. The third-order valence-electron chi connectivity index (χ3n) is 4.07. The lowest BCUT2D eigenvalue weighted by Crippen LogP contribution is -2.46. The number of aromatic nitrogens is 3. The van der Waals surface area contributed by atoms with E-state index in [1.54, 1.807) is 0 Å². The Bertz CT molecular complexity index is 1030. The van der Waals surface area contributed by atoms with Crippen LogP contribution in [0, 0.1) is 0 Å². The zero-order valence-corrected chi connectivity index (χ0v) is 15.2. The molecule has 15 heteroatoms. The SMILES string of the molecule is NC(=O)n1ncc2c1[C@@H](C(=O)[O-])N1C[C@H]2N(OS(=O)(=O)O)C1=O.c1cc[nH+]cc1. The van der Waals surface area contributed by atoms with Crippen LogP contribution < -0.4 is 15.8 Å². The van der Waals surface area contributed by atoms with E-state index >= 15 is 0 Å². The fraction of sp³-hybridized carbons (Fsp3) is 0.214. The number of H-pyrrole nitrogens is 1. The molecule has 2 atom stereocenters. The fourth-order valence-corrected chi connectivity index (χ4v) is 3.40. The molecule has 1 fully saturated rings. The van der Waals surface area contributed by atoms with Crippen molar-refractivity contribution in [2.75, 3.05) is 6.54 Å². The first-order valence-electron chi connectivity index (χ1n) is 7.88. The molecule has 0 radical (unpaired) electrons. The summed E-state index contributed by atoms with van der Waals surface area (Å²) in [6.45, 7) is -0.273. The first-order chi connectivity index (χ1) is 13.6. The summed E-state index contributed by atoms with van der Waals surface area (Å²) in [6.07, 6.45) is 4.80. The number of nitrogens with two attached hydrogens (primary N) is 1. The Morgan fingerprint density at radius 3 is 2.41 bits per heavy atom. The van der Waals surface area contributed by atoms with Crippen LogP contribution in [0.1, 0.15) is 23.3 Å². The van der Waals surface area contributed by atoms with Crippen LogP contribution in [-0.2, 0) is 19.5 Å². The number of primary amides is 1. The van der Waals surface area contributed by atoms with Crippen LogP contribution in [0.15, 0.2) is 36.8 Å². The Hall–Kier alpha value is -3.56. The van der Waals surface area contributed by atoms with E-state index in [-0.39, 0.29) is 22.9 Å². The minimum Gasteiger partial charge on any atom is -0.547 e. The van der Waals surface area contributed by atoms with Crippen LogP contribution in [0.4, 0.5) is 9.59 Å². The zero-order valence-electron chi connectivity index (χ0n) is 14.4.